The largest absolute Gasteiger partial charge is 0.346 e. The molecule has 1 rings (SSSR count). The lowest BCUT2D eigenvalue weighted by molar-refractivity contribution is -0.125. The number of anilines is 1. The summed E-state index contributed by atoms with van der Waals surface area (Å²) < 4.78 is 26.6. The van der Waals surface area contributed by atoms with E-state index in [1.54, 1.807) is 13.8 Å². The Morgan fingerprint density at radius 2 is 1.80 bits per heavy atom. The van der Waals surface area contributed by atoms with Crippen molar-refractivity contribution in [2.45, 2.75) is 19.9 Å². The van der Waals surface area contributed by atoms with Crippen molar-refractivity contribution in [2.24, 2.45) is 11.7 Å². The average molecular weight is 285 g/mol. The number of benzene rings is 1. The van der Waals surface area contributed by atoms with Crippen LogP contribution in [-0.2, 0) is 9.59 Å². The van der Waals surface area contributed by atoms with Gasteiger partial charge in [0.1, 0.15) is 17.3 Å². The zero-order chi connectivity index (χ0) is 15.3. The topological polar surface area (TPSA) is 84.2 Å². The van der Waals surface area contributed by atoms with Crippen LogP contribution < -0.4 is 16.4 Å². The van der Waals surface area contributed by atoms with Crippen molar-refractivity contribution in [2.75, 3.05) is 11.9 Å². The highest BCUT2D eigenvalue weighted by Crippen LogP contribution is 2.17. The molecule has 0 saturated carbocycles. The molecule has 0 unspecified atom stereocenters. The van der Waals surface area contributed by atoms with E-state index in [0.717, 1.165) is 12.1 Å². The van der Waals surface area contributed by atoms with Gasteiger partial charge in [-0.3, -0.25) is 9.59 Å². The number of nitrogens with two attached hydrogens (primary N) is 1. The van der Waals surface area contributed by atoms with Crippen LogP contribution in [0.4, 0.5) is 14.5 Å². The number of para-hydroxylation sites is 1. The first-order valence-electron chi connectivity index (χ1n) is 6.10. The van der Waals surface area contributed by atoms with E-state index in [1.807, 2.05) is 0 Å². The lowest BCUT2D eigenvalue weighted by Crippen LogP contribution is -2.46. The van der Waals surface area contributed by atoms with Crippen LogP contribution in [0.5, 0.6) is 0 Å². The van der Waals surface area contributed by atoms with E-state index in [-0.39, 0.29) is 5.92 Å². The highest BCUT2D eigenvalue weighted by molar-refractivity contribution is 5.95. The molecule has 1 aromatic carbocycles. The Kier molecular flexibility index (Phi) is 5.57. The highest BCUT2D eigenvalue weighted by Gasteiger charge is 2.18. The molecular formula is C13H17F2N3O2. The molecule has 0 aromatic heterocycles. The van der Waals surface area contributed by atoms with Crippen molar-refractivity contribution in [1.82, 2.24) is 5.32 Å². The third-order valence-electron chi connectivity index (χ3n) is 2.67. The van der Waals surface area contributed by atoms with Crippen LogP contribution in [0, 0.1) is 17.6 Å². The van der Waals surface area contributed by atoms with E-state index in [1.165, 1.54) is 6.07 Å². The lowest BCUT2D eigenvalue weighted by Gasteiger charge is -2.15. The summed E-state index contributed by atoms with van der Waals surface area (Å²) in [6.45, 7) is 3.12. The van der Waals surface area contributed by atoms with E-state index < -0.39 is 41.7 Å². The minimum atomic E-state index is -0.886. The fraction of sp³-hybridized carbons (Fsp3) is 0.385. The Morgan fingerprint density at radius 3 is 2.30 bits per heavy atom. The summed E-state index contributed by atoms with van der Waals surface area (Å²) in [6, 6.07) is 2.48. The number of halogens is 2. The second-order valence-corrected chi connectivity index (χ2v) is 4.63. The van der Waals surface area contributed by atoms with Crippen molar-refractivity contribution >= 4 is 17.5 Å². The van der Waals surface area contributed by atoms with Crippen molar-refractivity contribution in [3.05, 3.63) is 29.8 Å². The Balaban J connectivity index is 2.55. The molecule has 5 nitrogen and oxygen atoms in total. The van der Waals surface area contributed by atoms with Gasteiger partial charge in [-0.05, 0) is 18.1 Å². The van der Waals surface area contributed by atoms with Crippen molar-refractivity contribution in [3.63, 3.8) is 0 Å². The summed E-state index contributed by atoms with van der Waals surface area (Å²) in [5.74, 6) is -3.09. The smallest absolute Gasteiger partial charge is 0.243 e. The van der Waals surface area contributed by atoms with Crippen LogP contribution >= 0.6 is 0 Å². The van der Waals surface area contributed by atoms with Gasteiger partial charge in [0, 0.05) is 0 Å². The molecule has 7 heteroatoms. The molecule has 110 valence electrons. The van der Waals surface area contributed by atoms with E-state index >= 15 is 0 Å². The van der Waals surface area contributed by atoms with Gasteiger partial charge in [-0.15, -0.1) is 0 Å². The maximum Gasteiger partial charge on any atom is 0.243 e. The quantitative estimate of drug-likeness (QED) is 0.754. The van der Waals surface area contributed by atoms with Gasteiger partial charge in [0.25, 0.3) is 0 Å². The maximum absolute atomic E-state index is 13.3. The average Bonchev–Trinajstić information content (AvgIpc) is 2.39. The maximum atomic E-state index is 13.3. The molecule has 1 aromatic rings. The summed E-state index contributed by atoms with van der Waals surface area (Å²) in [6.07, 6.45) is 0. The molecule has 1 atom stereocenters. The molecule has 0 saturated heterocycles. The van der Waals surface area contributed by atoms with E-state index in [2.05, 4.69) is 10.6 Å². The van der Waals surface area contributed by atoms with Gasteiger partial charge in [-0.25, -0.2) is 8.78 Å². The minimum Gasteiger partial charge on any atom is -0.346 e. The van der Waals surface area contributed by atoms with Gasteiger partial charge in [0.05, 0.1) is 12.6 Å². The van der Waals surface area contributed by atoms with Gasteiger partial charge < -0.3 is 16.4 Å². The van der Waals surface area contributed by atoms with Crippen LogP contribution in [-0.4, -0.2) is 24.4 Å². The first-order chi connectivity index (χ1) is 9.32. The summed E-state index contributed by atoms with van der Waals surface area (Å²) in [5, 5.41) is 4.36. The monoisotopic (exact) mass is 285 g/mol. The number of hydrogen-bond acceptors (Lipinski definition) is 3. The summed E-state index contributed by atoms with van der Waals surface area (Å²) >= 11 is 0. The number of hydrogen-bond donors (Lipinski definition) is 3. The summed E-state index contributed by atoms with van der Waals surface area (Å²) in [7, 11) is 0. The number of carbonyl (C=O) groups is 2. The molecule has 0 aliphatic heterocycles. The first kappa shape index (κ1) is 16.0. The normalized spacial score (nSPS) is 12.1. The predicted octanol–water partition coefficient (Wildman–Crippen LogP) is 1.00. The van der Waals surface area contributed by atoms with E-state index in [4.69, 9.17) is 5.73 Å². The summed E-state index contributed by atoms with van der Waals surface area (Å²) in [4.78, 5) is 23.0. The number of nitrogens with one attached hydrogen (secondary N) is 2. The van der Waals surface area contributed by atoms with Gasteiger partial charge in [0.2, 0.25) is 11.8 Å². The molecule has 0 aliphatic rings. The molecule has 20 heavy (non-hydrogen) atoms. The minimum absolute atomic E-state index is 0.0814. The molecule has 0 fully saturated rings. The first-order valence-corrected chi connectivity index (χ1v) is 6.10. The zero-order valence-corrected chi connectivity index (χ0v) is 11.2. The zero-order valence-electron chi connectivity index (χ0n) is 11.2. The lowest BCUT2D eigenvalue weighted by atomic mass is 10.1. The highest BCUT2D eigenvalue weighted by atomic mass is 19.1. The van der Waals surface area contributed by atoms with Gasteiger partial charge in [-0.2, -0.15) is 0 Å². The van der Waals surface area contributed by atoms with Gasteiger partial charge >= 0.3 is 0 Å². The fourth-order valence-electron chi connectivity index (χ4n) is 1.39. The second kappa shape index (κ2) is 6.95. The molecule has 2 amide bonds. The van der Waals surface area contributed by atoms with Crippen LogP contribution in [0.15, 0.2) is 18.2 Å². The van der Waals surface area contributed by atoms with Crippen LogP contribution in [0.1, 0.15) is 13.8 Å². The molecule has 0 radical (unpaired) electrons. The molecule has 0 bridgehead atoms. The Hall–Kier alpha value is -2.02. The third kappa shape index (κ3) is 4.27. The third-order valence-corrected chi connectivity index (χ3v) is 2.67. The predicted molar refractivity (Wildman–Crippen MR) is 70.8 cm³/mol. The van der Waals surface area contributed by atoms with Crippen molar-refractivity contribution in [3.8, 4) is 0 Å². The number of carbonyl (C=O) groups excluding carboxylic acids is 2. The fourth-order valence-corrected chi connectivity index (χ4v) is 1.39. The van der Waals surface area contributed by atoms with Gasteiger partial charge in [0.15, 0.2) is 0 Å². The second-order valence-electron chi connectivity index (χ2n) is 4.63. The molecule has 0 heterocycles. The van der Waals surface area contributed by atoms with Gasteiger partial charge in [-0.1, -0.05) is 19.9 Å². The van der Waals surface area contributed by atoms with Crippen LogP contribution in [0.25, 0.3) is 0 Å². The van der Waals surface area contributed by atoms with Crippen molar-refractivity contribution in [1.29, 1.82) is 0 Å². The molecule has 0 spiro atoms. The summed E-state index contributed by atoms with van der Waals surface area (Å²) in [5.41, 5.74) is 5.04. The number of rotatable bonds is 5. The van der Waals surface area contributed by atoms with E-state index in [9.17, 15) is 18.4 Å². The molecule has 4 N–H and O–H groups in total. The van der Waals surface area contributed by atoms with Crippen LogP contribution in [0.2, 0.25) is 0 Å². The Labute approximate surface area is 115 Å². The van der Waals surface area contributed by atoms with E-state index in [0.29, 0.717) is 0 Å². The van der Waals surface area contributed by atoms with Crippen LogP contribution in [0.3, 0.4) is 0 Å². The Morgan fingerprint density at radius 1 is 1.25 bits per heavy atom. The van der Waals surface area contributed by atoms with Crippen molar-refractivity contribution < 1.29 is 18.4 Å². The Bertz CT molecular complexity index is 486. The standard InChI is InChI=1S/C13H17F2N3O2/c1-7(2)11(16)13(20)17-6-10(19)18-12-8(14)4-3-5-9(12)15/h3-5,7,11H,6,16H2,1-2H3,(H,17,20)(H,18,19)/t11-/m0/s1. The number of amides is 2. The molecular weight excluding hydrogens is 268 g/mol. The SMILES string of the molecule is CC(C)[C@H](N)C(=O)NCC(=O)Nc1c(F)cccc1F. The molecule has 0 aliphatic carbocycles.